The van der Waals surface area contributed by atoms with E-state index in [2.05, 4.69) is 5.32 Å². The quantitative estimate of drug-likeness (QED) is 0.672. The van der Waals surface area contributed by atoms with Crippen molar-refractivity contribution in [2.45, 2.75) is 32.9 Å². The van der Waals surface area contributed by atoms with Crippen LogP contribution in [0.3, 0.4) is 0 Å². The number of hydrogen-bond acceptors (Lipinski definition) is 4. The molecule has 0 unspecified atom stereocenters. The molecule has 0 saturated carbocycles. The maximum Gasteiger partial charge on any atom is 0.234 e. The normalized spacial score (nSPS) is 11.0. The number of hydrogen-bond donors (Lipinski definition) is 1. The van der Waals surface area contributed by atoms with Gasteiger partial charge >= 0.3 is 0 Å². The minimum atomic E-state index is 0.0300. The van der Waals surface area contributed by atoms with Crippen LogP contribution in [0, 0.1) is 0 Å². The summed E-state index contributed by atoms with van der Waals surface area (Å²) in [5.74, 6) is 0.880. The van der Waals surface area contributed by atoms with Gasteiger partial charge in [-0.3, -0.25) is 9.69 Å². The van der Waals surface area contributed by atoms with Crippen LogP contribution in [0.1, 0.15) is 25.8 Å². The van der Waals surface area contributed by atoms with Crippen molar-refractivity contribution in [2.75, 3.05) is 33.9 Å². The third-order valence-corrected chi connectivity index (χ3v) is 3.09. The van der Waals surface area contributed by atoms with Crippen molar-refractivity contribution < 1.29 is 14.3 Å². The maximum absolute atomic E-state index is 11.9. The summed E-state index contributed by atoms with van der Waals surface area (Å²) in [6, 6.07) is 7.80. The van der Waals surface area contributed by atoms with E-state index in [-0.39, 0.29) is 12.0 Å². The van der Waals surface area contributed by atoms with Crippen LogP contribution in [-0.4, -0.2) is 50.8 Å². The Morgan fingerprint density at radius 2 is 1.95 bits per heavy atom. The highest BCUT2D eigenvalue weighted by atomic mass is 16.5. The van der Waals surface area contributed by atoms with Crippen molar-refractivity contribution in [1.29, 1.82) is 0 Å². The monoisotopic (exact) mass is 308 g/mol. The van der Waals surface area contributed by atoms with Crippen LogP contribution in [0.15, 0.2) is 24.3 Å². The first kappa shape index (κ1) is 18.5. The highest BCUT2D eigenvalue weighted by Crippen LogP contribution is 2.13. The topological polar surface area (TPSA) is 50.8 Å². The van der Waals surface area contributed by atoms with E-state index in [1.165, 1.54) is 0 Å². The first-order valence-electron chi connectivity index (χ1n) is 7.71. The molecule has 0 fully saturated rings. The minimum Gasteiger partial charge on any atom is -0.491 e. The van der Waals surface area contributed by atoms with Crippen LogP contribution in [-0.2, 0) is 16.1 Å². The zero-order chi connectivity index (χ0) is 16.4. The second-order valence-electron chi connectivity index (χ2n) is 5.67. The average molecular weight is 308 g/mol. The van der Waals surface area contributed by atoms with Gasteiger partial charge in [-0.05, 0) is 45.0 Å². The zero-order valence-electron chi connectivity index (χ0n) is 14.1. The van der Waals surface area contributed by atoms with Gasteiger partial charge in [-0.15, -0.1) is 0 Å². The lowest BCUT2D eigenvalue weighted by Crippen LogP contribution is -2.35. The fourth-order valence-corrected chi connectivity index (χ4v) is 2.02. The highest BCUT2D eigenvalue weighted by molar-refractivity contribution is 5.77. The number of rotatable bonds is 10. The van der Waals surface area contributed by atoms with E-state index < -0.39 is 0 Å². The van der Waals surface area contributed by atoms with Gasteiger partial charge in [-0.25, -0.2) is 0 Å². The van der Waals surface area contributed by atoms with E-state index in [9.17, 15) is 4.79 Å². The Hall–Kier alpha value is -1.59. The highest BCUT2D eigenvalue weighted by Gasteiger charge is 2.06. The summed E-state index contributed by atoms with van der Waals surface area (Å²) in [5, 5.41) is 2.93. The number of benzene rings is 1. The fraction of sp³-hybridized carbons (Fsp3) is 0.588. The lowest BCUT2D eigenvalue weighted by Gasteiger charge is -2.16. The smallest absolute Gasteiger partial charge is 0.234 e. The first-order valence-corrected chi connectivity index (χ1v) is 7.71. The lowest BCUT2D eigenvalue weighted by atomic mass is 10.2. The number of carbonyl (C=O) groups is 1. The molecule has 0 aliphatic carbocycles. The van der Waals surface area contributed by atoms with Crippen molar-refractivity contribution in [3.8, 4) is 5.75 Å². The standard InChI is InChI=1S/C17H28N2O3/c1-14(2)22-16-8-6-15(7-9-16)12-18-17(20)13-19(3)10-5-11-21-4/h6-9,14H,5,10-13H2,1-4H3,(H,18,20). The number of nitrogens with zero attached hydrogens (tertiary/aromatic N) is 1. The molecular formula is C17H28N2O3. The Labute approximate surface area is 133 Å². The zero-order valence-corrected chi connectivity index (χ0v) is 14.1. The average Bonchev–Trinajstić information content (AvgIpc) is 2.46. The van der Waals surface area contributed by atoms with Gasteiger partial charge in [-0.2, -0.15) is 0 Å². The van der Waals surface area contributed by atoms with Crippen LogP contribution in [0.5, 0.6) is 5.75 Å². The van der Waals surface area contributed by atoms with Gasteiger partial charge in [-0.1, -0.05) is 12.1 Å². The summed E-state index contributed by atoms with van der Waals surface area (Å²) in [6.45, 7) is 6.50. The van der Waals surface area contributed by atoms with Gasteiger partial charge in [0, 0.05) is 26.8 Å². The number of nitrogens with one attached hydrogen (secondary N) is 1. The molecule has 5 nitrogen and oxygen atoms in total. The van der Waals surface area contributed by atoms with Crippen molar-refractivity contribution in [3.63, 3.8) is 0 Å². The van der Waals surface area contributed by atoms with Crippen molar-refractivity contribution in [1.82, 2.24) is 10.2 Å². The molecule has 1 rings (SSSR count). The molecule has 1 amide bonds. The van der Waals surface area contributed by atoms with Gasteiger partial charge in [0.25, 0.3) is 0 Å². The molecule has 1 aromatic carbocycles. The number of likely N-dealkylation sites (N-methyl/N-ethyl adjacent to an activating group) is 1. The Morgan fingerprint density at radius 1 is 1.27 bits per heavy atom. The van der Waals surface area contributed by atoms with Gasteiger partial charge in [0.2, 0.25) is 5.91 Å². The Balaban J connectivity index is 2.28. The van der Waals surface area contributed by atoms with Crippen LogP contribution in [0.2, 0.25) is 0 Å². The third kappa shape index (κ3) is 8.00. The minimum absolute atomic E-state index is 0.0300. The summed E-state index contributed by atoms with van der Waals surface area (Å²) < 4.78 is 10.6. The molecule has 0 spiro atoms. The second kappa shape index (κ2) is 10.2. The van der Waals surface area contributed by atoms with E-state index in [1.807, 2.05) is 50.1 Å². The van der Waals surface area contributed by atoms with Crippen molar-refractivity contribution in [2.24, 2.45) is 0 Å². The fourth-order valence-electron chi connectivity index (χ4n) is 2.02. The van der Waals surface area contributed by atoms with Crippen molar-refractivity contribution >= 4 is 5.91 Å². The molecule has 0 radical (unpaired) electrons. The van der Waals surface area contributed by atoms with Crippen LogP contribution in [0.4, 0.5) is 0 Å². The van der Waals surface area contributed by atoms with E-state index in [0.717, 1.165) is 30.9 Å². The van der Waals surface area contributed by atoms with Crippen LogP contribution in [0.25, 0.3) is 0 Å². The van der Waals surface area contributed by atoms with Crippen LogP contribution < -0.4 is 10.1 Å². The Kier molecular flexibility index (Phi) is 8.55. The summed E-state index contributed by atoms with van der Waals surface area (Å²) in [5.41, 5.74) is 1.06. The number of ether oxygens (including phenoxy) is 2. The van der Waals surface area contributed by atoms with E-state index in [1.54, 1.807) is 7.11 Å². The predicted molar refractivity (Wildman–Crippen MR) is 88.0 cm³/mol. The largest absolute Gasteiger partial charge is 0.491 e. The molecule has 0 atom stereocenters. The second-order valence-corrected chi connectivity index (χ2v) is 5.67. The van der Waals surface area contributed by atoms with Crippen molar-refractivity contribution in [3.05, 3.63) is 29.8 Å². The number of methoxy groups -OCH3 is 1. The first-order chi connectivity index (χ1) is 10.5. The molecular weight excluding hydrogens is 280 g/mol. The molecule has 0 aliphatic rings. The van der Waals surface area contributed by atoms with Gasteiger partial charge in [0.05, 0.1) is 12.6 Å². The van der Waals surface area contributed by atoms with Gasteiger partial charge < -0.3 is 14.8 Å². The van der Waals surface area contributed by atoms with E-state index in [4.69, 9.17) is 9.47 Å². The Bertz CT molecular complexity index is 432. The van der Waals surface area contributed by atoms with Gasteiger partial charge in [0.1, 0.15) is 5.75 Å². The van der Waals surface area contributed by atoms with Crippen LogP contribution >= 0.6 is 0 Å². The lowest BCUT2D eigenvalue weighted by molar-refractivity contribution is -0.122. The molecule has 1 N–H and O–H groups in total. The molecule has 5 heteroatoms. The molecule has 0 aromatic heterocycles. The molecule has 0 bridgehead atoms. The maximum atomic E-state index is 11.9. The third-order valence-electron chi connectivity index (χ3n) is 3.09. The number of amides is 1. The SMILES string of the molecule is COCCCN(C)CC(=O)NCc1ccc(OC(C)C)cc1. The molecule has 124 valence electrons. The summed E-state index contributed by atoms with van der Waals surface area (Å²) in [6.07, 6.45) is 1.09. The summed E-state index contributed by atoms with van der Waals surface area (Å²) >= 11 is 0. The predicted octanol–water partition coefficient (Wildman–Crippen LogP) is 2.06. The number of carbonyl (C=O) groups excluding carboxylic acids is 1. The summed E-state index contributed by atoms with van der Waals surface area (Å²) in [7, 11) is 3.62. The van der Waals surface area contributed by atoms with E-state index in [0.29, 0.717) is 13.1 Å². The molecule has 1 aromatic rings. The molecule has 0 saturated heterocycles. The summed E-state index contributed by atoms with van der Waals surface area (Å²) in [4.78, 5) is 13.9. The molecule has 22 heavy (non-hydrogen) atoms. The van der Waals surface area contributed by atoms with Gasteiger partial charge in [0.15, 0.2) is 0 Å². The Morgan fingerprint density at radius 3 is 2.55 bits per heavy atom. The molecule has 0 heterocycles. The van der Waals surface area contributed by atoms with E-state index >= 15 is 0 Å². The molecule has 0 aliphatic heterocycles.